The van der Waals surface area contributed by atoms with Gasteiger partial charge in [0.2, 0.25) is 0 Å². The van der Waals surface area contributed by atoms with Gasteiger partial charge in [-0.3, -0.25) is 10.5 Å². The summed E-state index contributed by atoms with van der Waals surface area (Å²) < 4.78 is 7.62. The number of ether oxygens (including phenoxy) is 1. The Balaban J connectivity index is 2.34. The Morgan fingerprint density at radius 3 is 2.83 bits per heavy atom. The van der Waals surface area contributed by atoms with Crippen LogP contribution in [0.2, 0.25) is 5.02 Å². The van der Waals surface area contributed by atoms with E-state index in [2.05, 4.69) is 17.4 Å². The van der Waals surface area contributed by atoms with Gasteiger partial charge in [0.05, 0.1) is 28.6 Å². The minimum absolute atomic E-state index is 0.113. The number of hydrogen-bond donors (Lipinski definition) is 2. The van der Waals surface area contributed by atoms with Gasteiger partial charge in [-0.25, -0.2) is 5.43 Å². The van der Waals surface area contributed by atoms with E-state index in [0.29, 0.717) is 5.02 Å². The molecule has 1 atom stereocenters. The Morgan fingerprint density at radius 2 is 2.39 bits per heavy atom. The number of nitrogens with one attached hydrogen (secondary N) is 1. The average Bonchev–Trinajstić information content (AvgIpc) is 2.66. The maximum atomic E-state index is 6.26. The standard InChI is InChI=1S/C12H21ClN4O/c1-3-7-17-10(9(13)8-15-17)11(16-14)12(18-2)5-4-6-12/h8,11,16H,3-7,14H2,1-2H3. The molecular weight excluding hydrogens is 252 g/mol. The van der Waals surface area contributed by atoms with E-state index in [4.69, 9.17) is 22.2 Å². The number of methoxy groups -OCH3 is 1. The van der Waals surface area contributed by atoms with Crippen LogP contribution < -0.4 is 11.3 Å². The fraction of sp³-hybridized carbons (Fsp3) is 0.750. The fourth-order valence-electron chi connectivity index (χ4n) is 2.66. The summed E-state index contributed by atoms with van der Waals surface area (Å²) in [5, 5.41) is 4.96. The van der Waals surface area contributed by atoms with E-state index >= 15 is 0 Å². The molecular formula is C12H21ClN4O. The molecule has 6 heteroatoms. The number of rotatable bonds is 6. The predicted octanol–water partition coefficient (Wildman–Crippen LogP) is 2.02. The summed E-state index contributed by atoms with van der Waals surface area (Å²) in [7, 11) is 1.73. The van der Waals surface area contributed by atoms with Gasteiger partial charge >= 0.3 is 0 Å². The molecule has 1 aliphatic carbocycles. The summed E-state index contributed by atoms with van der Waals surface area (Å²) in [6, 6.07) is -0.113. The lowest BCUT2D eigenvalue weighted by Crippen LogP contribution is -2.53. The van der Waals surface area contributed by atoms with Gasteiger partial charge in [-0.2, -0.15) is 5.10 Å². The van der Waals surface area contributed by atoms with E-state index < -0.39 is 0 Å². The summed E-state index contributed by atoms with van der Waals surface area (Å²) in [5.41, 5.74) is 3.55. The summed E-state index contributed by atoms with van der Waals surface area (Å²) in [5.74, 6) is 5.74. The molecule has 2 rings (SSSR count). The van der Waals surface area contributed by atoms with Crippen molar-refractivity contribution in [2.45, 2.75) is 50.8 Å². The number of halogens is 1. The predicted molar refractivity (Wildman–Crippen MR) is 71.2 cm³/mol. The van der Waals surface area contributed by atoms with Crippen molar-refractivity contribution in [1.29, 1.82) is 0 Å². The van der Waals surface area contributed by atoms with Gasteiger partial charge < -0.3 is 4.74 Å². The van der Waals surface area contributed by atoms with E-state index in [1.165, 1.54) is 0 Å². The van der Waals surface area contributed by atoms with Gasteiger partial charge in [0, 0.05) is 13.7 Å². The summed E-state index contributed by atoms with van der Waals surface area (Å²) in [6.45, 7) is 2.94. The molecule has 1 saturated carbocycles. The molecule has 0 amide bonds. The number of hydrogen-bond acceptors (Lipinski definition) is 4. The molecule has 1 unspecified atom stereocenters. The molecule has 18 heavy (non-hydrogen) atoms. The van der Waals surface area contributed by atoms with Crippen molar-refractivity contribution in [2.75, 3.05) is 7.11 Å². The molecule has 0 radical (unpaired) electrons. The first-order valence-corrected chi connectivity index (χ1v) is 6.78. The highest BCUT2D eigenvalue weighted by Gasteiger charge is 2.46. The van der Waals surface area contributed by atoms with E-state index in [9.17, 15) is 0 Å². The Bertz CT molecular complexity index is 397. The second-order valence-electron chi connectivity index (χ2n) is 4.82. The molecule has 3 N–H and O–H groups in total. The minimum atomic E-state index is -0.246. The van der Waals surface area contributed by atoms with Gasteiger partial charge in [0.1, 0.15) is 0 Å². The molecule has 0 bridgehead atoms. The number of hydrazine groups is 1. The second kappa shape index (κ2) is 5.57. The zero-order valence-electron chi connectivity index (χ0n) is 10.9. The van der Waals surface area contributed by atoms with Crippen LogP contribution in [0.1, 0.15) is 44.3 Å². The third-order valence-electron chi connectivity index (χ3n) is 3.84. The average molecular weight is 273 g/mol. The van der Waals surface area contributed by atoms with Crippen molar-refractivity contribution in [1.82, 2.24) is 15.2 Å². The molecule has 1 aromatic rings. The highest BCUT2D eigenvalue weighted by molar-refractivity contribution is 6.31. The van der Waals surface area contributed by atoms with Crippen molar-refractivity contribution in [3.8, 4) is 0 Å². The largest absolute Gasteiger partial charge is 0.376 e. The normalized spacial score (nSPS) is 19.6. The van der Waals surface area contributed by atoms with Crippen LogP contribution in [0.5, 0.6) is 0 Å². The monoisotopic (exact) mass is 272 g/mol. The van der Waals surface area contributed by atoms with Crippen LogP contribution in [0.4, 0.5) is 0 Å². The number of nitrogens with two attached hydrogens (primary N) is 1. The number of aryl methyl sites for hydroxylation is 1. The van der Waals surface area contributed by atoms with Crippen LogP contribution in [-0.2, 0) is 11.3 Å². The first-order chi connectivity index (χ1) is 8.68. The SMILES string of the molecule is CCCn1ncc(Cl)c1C(NN)C1(OC)CCC1. The Labute approximate surface area is 113 Å². The molecule has 1 fully saturated rings. The lowest BCUT2D eigenvalue weighted by molar-refractivity contribution is -0.102. The second-order valence-corrected chi connectivity index (χ2v) is 5.23. The third kappa shape index (κ3) is 2.16. The number of aromatic nitrogens is 2. The lowest BCUT2D eigenvalue weighted by atomic mass is 9.73. The van der Waals surface area contributed by atoms with Gasteiger partial charge in [0.25, 0.3) is 0 Å². The minimum Gasteiger partial charge on any atom is -0.376 e. The lowest BCUT2D eigenvalue weighted by Gasteiger charge is -2.46. The highest BCUT2D eigenvalue weighted by Crippen LogP contribution is 2.45. The molecule has 1 heterocycles. The van der Waals surface area contributed by atoms with Crippen molar-refractivity contribution in [3.63, 3.8) is 0 Å². The zero-order valence-corrected chi connectivity index (χ0v) is 11.7. The fourth-order valence-corrected chi connectivity index (χ4v) is 2.92. The van der Waals surface area contributed by atoms with Crippen molar-refractivity contribution < 1.29 is 4.74 Å². The molecule has 102 valence electrons. The zero-order chi connectivity index (χ0) is 13.2. The van der Waals surface area contributed by atoms with E-state index in [0.717, 1.165) is 37.9 Å². The van der Waals surface area contributed by atoms with Gasteiger partial charge in [0.15, 0.2) is 0 Å². The van der Waals surface area contributed by atoms with Crippen LogP contribution in [0, 0.1) is 0 Å². The molecule has 1 aliphatic rings. The smallest absolute Gasteiger partial charge is 0.0933 e. The quantitative estimate of drug-likeness (QED) is 0.614. The molecule has 0 aliphatic heterocycles. The summed E-state index contributed by atoms with van der Waals surface area (Å²) in [6.07, 6.45) is 5.82. The third-order valence-corrected chi connectivity index (χ3v) is 4.13. The molecule has 0 spiro atoms. The van der Waals surface area contributed by atoms with Crippen molar-refractivity contribution >= 4 is 11.6 Å². The van der Waals surface area contributed by atoms with E-state index in [-0.39, 0.29) is 11.6 Å². The number of nitrogens with zero attached hydrogens (tertiary/aromatic N) is 2. The van der Waals surface area contributed by atoms with Gasteiger partial charge in [-0.15, -0.1) is 0 Å². The maximum Gasteiger partial charge on any atom is 0.0933 e. The molecule has 0 aromatic carbocycles. The van der Waals surface area contributed by atoms with Gasteiger partial charge in [-0.05, 0) is 25.7 Å². The molecule has 1 aromatic heterocycles. The van der Waals surface area contributed by atoms with Crippen LogP contribution >= 0.6 is 11.6 Å². The maximum absolute atomic E-state index is 6.26. The first kappa shape index (κ1) is 13.8. The van der Waals surface area contributed by atoms with Gasteiger partial charge in [-0.1, -0.05) is 18.5 Å². The first-order valence-electron chi connectivity index (χ1n) is 6.41. The van der Waals surface area contributed by atoms with E-state index in [1.807, 2.05) is 4.68 Å². The Morgan fingerprint density at radius 1 is 1.67 bits per heavy atom. The topological polar surface area (TPSA) is 65.1 Å². The van der Waals surface area contributed by atoms with Crippen molar-refractivity contribution in [2.24, 2.45) is 5.84 Å². The Hall–Kier alpha value is -0.620. The summed E-state index contributed by atoms with van der Waals surface area (Å²) in [4.78, 5) is 0. The van der Waals surface area contributed by atoms with Crippen molar-refractivity contribution in [3.05, 3.63) is 16.9 Å². The molecule has 5 nitrogen and oxygen atoms in total. The summed E-state index contributed by atoms with van der Waals surface area (Å²) >= 11 is 6.26. The highest BCUT2D eigenvalue weighted by atomic mass is 35.5. The van der Waals surface area contributed by atoms with Crippen LogP contribution in [0.3, 0.4) is 0 Å². The molecule has 0 saturated heterocycles. The van der Waals surface area contributed by atoms with Crippen LogP contribution in [-0.4, -0.2) is 22.5 Å². The van der Waals surface area contributed by atoms with Crippen LogP contribution in [0.25, 0.3) is 0 Å². The van der Waals surface area contributed by atoms with E-state index in [1.54, 1.807) is 13.3 Å². The van der Waals surface area contributed by atoms with Crippen LogP contribution in [0.15, 0.2) is 6.20 Å². The Kier molecular flexibility index (Phi) is 4.27.